The summed E-state index contributed by atoms with van der Waals surface area (Å²) in [6.07, 6.45) is 0. The third kappa shape index (κ3) is 4.33. The van der Waals surface area contributed by atoms with Crippen molar-refractivity contribution in [3.05, 3.63) is 65.5 Å². The Kier molecular flexibility index (Phi) is 5.76. The van der Waals surface area contributed by atoms with Crippen molar-refractivity contribution in [2.45, 2.75) is 6.92 Å². The molecule has 0 radical (unpaired) electrons. The first kappa shape index (κ1) is 19.7. The van der Waals surface area contributed by atoms with Crippen LogP contribution in [0.5, 0.6) is 11.5 Å². The highest BCUT2D eigenvalue weighted by Gasteiger charge is 2.17. The van der Waals surface area contributed by atoms with Crippen LogP contribution in [0.3, 0.4) is 0 Å². The fourth-order valence-electron chi connectivity index (χ4n) is 2.86. The number of methoxy groups -OCH3 is 1. The Balaban J connectivity index is 1.45. The summed E-state index contributed by atoms with van der Waals surface area (Å²) in [6.45, 7) is 1.85. The van der Waals surface area contributed by atoms with E-state index in [1.807, 2.05) is 48.7 Å². The Bertz CT molecular complexity index is 1170. The van der Waals surface area contributed by atoms with Crippen molar-refractivity contribution in [3.8, 4) is 33.7 Å². The number of nitrogens with one attached hydrogen (secondary N) is 1. The number of thiophene rings is 1. The van der Waals surface area contributed by atoms with Crippen molar-refractivity contribution >= 4 is 22.9 Å². The molecule has 1 N–H and O–H groups in total. The number of para-hydroxylation sites is 2. The van der Waals surface area contributed by atoms with E-state index in [9.17, 15) is 4.79 Å². The van der Waals surface area contributed by atoms with Gasteiger partial charge in [-0.2, -0.15) is 4.98 Å². The summed E-state index contributed by atoms with van der Waals surface area (Å²) in [5.41, 5.74) is 2.57. The number of anilines is 1. The summed E-state index contributed by atoms with van der Waals surface area (Å²) < 4.78 is 16.2. The molecule has 8 heteroatoms. The molecule has 0 saturated heterocycles. The lowest BCUT2D eigenvalue weighted by molar-refractivity contribution is -0.118. The molecule has 0 aliphatic rings. The highest BCUT2D eigenvalue weighted by Crippen LogP contribution is 2.34. The number of hydrogen-bond donors (Lipinski definition) is 1. The first-order valence-electron chi connectivity index (χ1n) is 9.18. The van der Waals surface area contributed by atoms with Crippen molar-refractivity contribution in [1.82, 2.24) is 10.1 Å². The average molecular weight is 421 g/mol. The SMILES string of the molecule is COc1ccccc1OCC(=O)Nc1ccsc1-c1nc(-c2cccc(C)c2)no1. The van der Waals surface area contributed by atoms with Gasteiger partial charge in [0.2, 0.25) is 5.82 Å². The lowest BCUT2D eigenvalue weighted by Gasteiger charge is -2.10. The lowest BCUT2D eigenvalue weighted by atomic mass is 10.1. The van der Waals surface area contributed by atoms with Gasteiger partial charge in [-0.15, -0.1) is 11.3 Å². The summed E-state index contributed by atoms with van der Waals surface area (Å²) in [7, 11) is 1.55. The zero-order valence-corrected chi connectivity index (χ0v) is 17.2. The van der Waals surface area contributed by atoms with Crippen LogP contribution in [0.1, 0.15) is 5.56 Å². The van der Waals surface area contributed by atoms with Gasteiger partial charge in [-0.3, -0.25) is 4.79 Å². The average Bonchev–Trinajstić information content (AvgIpc) is 3.42. The molecule has 0 aliphatic carbocycles. The number of nitrogens with zero attached hydrogens (tertiary/aromatic N) is 2. The fraction of sp³-hybridized carbons (Fsp3) is 0.136. The molecule has 0 spiro atoms. The quantitative estimate of drug-likeness (QED) is 0.461. The van der Waals surface area contributed by atoms with Crippen LogP contribution in [0, 0.1) is 6.92 Å². The van der Waals surface area contributed by atoms with Crippen LogP contribution < -0.4 is 14.8 Å². The van der Waals surface area contributed by atoms with Crippen molar-refractivity contribution in [2.24, 2.45) is 0 Å². The Morgan fingerprint density at radius 2 is 1.97 bits per heavy atom. The number of amides is 1. The van der Waals surface area contributed by atoms with Crippen LogP contribution in [0.25, 0.3) is 22.2 Å². The van der Waals surface area contributed by atoms with Gasteiger partial charge < -0.3 is 19.3 Å². The number of carbonyl (C=O) groups is 1. The fourth-order valence-corrected chi connectivity index (χ4v) is 3.63. The minimum absolute atomic E-state index is 0.159. The predicted octanol–water partition coefficient (Wildman–Crippen LogP) is 4.80. The second-order valence-corrected chi connectivity index (χ2v) is 7.36. The first-order valence-corrected chi connectivity index (χ1v) is 10.1. The molecule has 152 valence electrons. The van der Waals surface area contributed by atoms with E-state index in [0.717, 1.165) is 11.1 Å². The molecule has 4 aromatic rings. The summed E-state index contributed by atoms with van der Waals surface area (Å²) in [6, 6.07) is 16.8. The van der Waals surface area contributed by atoms with Gasteiger partial charge in [0.1, 0.15) is 4.88 Å². The van der Waals surface area contributed by atoms with Crippen LogP contribution in [-0.4, -0.2) is 29.8 Å². The van der Waals surface area contributed by atoms with E-state index >= 15 is 0 Å². The second-order valence-electron chi connectivity index (χ2n) is 6.44. The molecule has 0 saturated carbocycles. The topological polar surface area (TPSA) is 86.5 Å². The van der Waals surface area contributed by atoms with E-state index in [2.05, 4.69) is 15.5 Å². The molecule has 2 aromatic heterocycles. The number of rotatable bonds is 7. The van der Waals surface area contributed by atoms with Gasteiger partial charge in [-0.1, -0.05) is 41.1 Å². The third-order valence-corrected chi connectivity index (χ3v) is 5.17. The molecular weight excluding hydrogens is 402 g/mol. The maximum atomic E-state index is 12.4. The Morgan fingerprint density at radius 1 is 1.13 bits per heavy atom. The van der Waals surface area contributed by atoms with Crippen molar-refractivity contribution in [1.29, 1.82) is 0 Å². The maximum Gasteiger partial charge on any atom is 0.270 e. The smallest absolute Gasteiger partial charge is 0.270 e. The molecule has 2 heterocycles. The van der Waals surface area contributed by atoms with Crippen LogP contribution in [0.15, 0.2) is 64.5 Å². The van der Waals surface area contributed by atoms with Gasteiger partial charge in [-0.05, 0) is 36.6 Å². The monoisotopic (exact) mass is 421 g/mol. The van der Waals surface area contributed by atoms with Crippen LogP contribution in [0.2, 0.25) is 0 Å². The molecule has 7 nitrogen and oxygen atoms in total. The van der Waals surface area contributed by atoms with Crippen molar-refractivity contribution in [3.63, 3.8) is 0 Å². The molecule has 0 bridgehead atoms. The van der Waals surface area contributed by atoms with E-state index in [1.165, 1.54) is 11.3 Å². The number of ether oxygens (including phenoxy) is 2. The Morgan fingerprint density at radius 3 is 2.77 bits per heavy atom. The number of aromatic nitrogens is 2. The van der Waals surface area contributed by atoms with Crippen LogP contribution in [0.4, 0.5) is 5.69 Å². The Labute approximate surface area is 177 Å². The van der Waals surface area contributed by atoms with E-state index in [-0.39, 0.29) is 12.5 Å². The highest BCUT2D eigenvalue weighted by atomic mass is 32.1. The van der Waals surface area contributed by atoms with E-state index in [4.69, 9.17) is 14.0 Å². The van der Waals surface area contributed by atoms with Gasteiger partial charge in [-0.25, -0.2) is 0 Å². The molecule has 2 aromatic carbocycles. The number of hydrogen-bond acceptors (Lipinski definition) is 7. The van der Waals surface area contributed by atoms with Gasteiger partial charge in [0.05, 0.1) is 12.8 Å². The van der Waals surface area contributed by atoms with Gasteiger partial charge in [0, 0.05) is 5.56 Å². The summed E-state index contributed by atoms with van der Waals surface area (Å²) in [5.74, 6) is 1.61. The maximum absolute atomic E-state index is 12.4. The number of aryl methyl sites for hydroxylation is 1. The van der Waals surface area contributed by atoms with Crippen molar-refractivity contribution < 1.29 is 18.8 Å². The van der Waals surface area contributed by atoms with Crippen LogP contribution in [-0.2, 0) is 4.79 Å². The van der Waals surface area contributed by atoms with E-state index in [0.29, 0.717) is 33.8 Å². The van der Waals surface area contributed by atoms with Gasteiger partial charge in [0.15, 0.2) is 18.1 Å². The standard InChI is InChI=1S/C22H19N3O4S/c1-14-6-5-7-15(12-14)21-24-22(29-25-21)20-16(10-11-30-20)23-19(26)13-28-18-9-4-3-8-17(18)27-2/h3-12H,13H2,1-2H3,(H,23,26). The summed E-state index contributed by atoms with van der Waals surface area (Å²) in [5, 5.41) is 8.75. The highest BCUT2D eigenvalue weighted by molar-refractivity contribution is 7.14. The third-order valence-electron chi connectivity index (χ3n) is 4.26. The first-order chi connectivity index (χ1) is 14.6. The Hall–Kier alpha value is -3.65. The summed E-state index contributed by atoms with van der Waals surface area (Å²) in [4.78, 5) is 17.6. The predicted molar refractivity (Wildman–Crippen MR) is 115 cm³/mol. The minimum atomic E-state index is -0.307. The van der Waals surface area contributed by atoms with Gasteiger partial charge in [0.25, 0.3) is 11.8 Å². The number of carbonyl (C=O) groups excluding carboxylic acids is 1. The molecule has 1 amide bonds. The largest absolute Gasteiger partial charge is 0.493 e. The van der Waals surface area contributed by atoms with Gasteiger partial charge >= 0.3 is 0 Å². The zero-order valence-electron chi connectivity index (χ0n) is 16.4. The molecule has 0 unspecified atom stereocenters. The molecule has 30 heavy (non-hydrogen) atoms. The number of benzene rings is 2. The molecule has 4 rings (SSSR count). The molecular formula is C22H19N3O4S. The minimum Gasteiger partial charge on any atom is -0.493 e. The normalized spacial score (nSPS) is 10.6. The molecule has 0 atom stereocenters. The lowest BCUT2D eigenvalue weighted by Crippen LogP contribution is -2.20. The second kappa shape index (κ2) is 8.79. The van der Waals surface area contributed by atoms with E-state index in [1.54, 1.807) is 25.3 Å². The zero-order chi connectivity index (χ0) is 20.9. The van der Waals surface area contributed by atoms with Crippen molar-refractivity contribution in [2.75, 3.05) is 19.0 Å². The van der Waals surface area contributed by atoms with E-state index < -0.39 is 0 Å². The molecule has 0 fully saturated rings. The summed E-state index contributed by atoms with van der Waals surface area (Å²) >= 11 is 1.41. The molecule has 0 aliphatic heterocycles. The van der Waals surface area contributed by atoms with Crippen LogP contribution >= 0.6 is 11.3 Å².